The van der Waals surface area contributed by atoms with Crippen LogP contribution in [0.3, 0.4) is 0 Å². The van der Waals surface area contributed by atoms with Gasteiger partial charge in [-0.15, -0.1) is 0 Å². The van der Waals surface area contributed by atoms with Crippen LogP contribution in [0, 0.1) is 0 Å². The third-order valence-corrected chi connectivity index (χ3v) is 7.51. The number of benzene rings is 1. The minimum absolute atomic E-state index is 0.0348. The summed E-state index contributed by atoms with van der Waals surface area (Å²) in [4.78, 5) is 57.6. The summed E-state index contributed by atoms with van der Waals surface area (Å²) in [5.41, 5.74) is 4.92. The molecule has 2 aromatic rings. The van der Waals surface area contributed by atoms with Crippen LogP contribution in [0.1, 0.15) is 83.0 Å². The number of carbonyl (C=O) groups excluding carboxylic acids is 4. The van der Waals surface area contributed by atoms with E-state index in [4.69, 9.17) is 10.5 Å². The lowest BCUT2D eigenvalue weighted by Gasteiger charge is -2.37. The first kappa shape index (κ1) is 34.7. The fourth-order valence-electron chi connectivity index (χ4n) is 5.18. The van der Waals surface area contributed by atoms with E-state index in [0.29, 0.717) is 18.5 Å². The number of amides is 3. The highest BCUT2D eigenvalue weighted by atomic mass is 16.6. The molecule has 11 nitrogen and oxygen atoms in total. The number of likely N-dealkylation sites (tertiary alicyclic amines) is 1. The zero-order valence-corrected chi connectivity index (χ0v) is 26.3. The zero-order chi connectivity index (χ0) is 32.3. The van der Waals surface area contributed by atoms with Crippen molar-refractivity contribution in [2.24, 2.45) is 5.73 Å². The summed E-state index contributed by atoms with van der Waals surface area (Å²) in [6.07, 6.45) is 5.92. The van der Waals surface area contributed by atoms with Crippen LogP contribution < -0.4 is 16.4 Å². The van der Waals surface area contributed by atoms with Crippen molar-refractivity contribution in [1.82, 2.24) is 20.5 Å². The Balaban J connectivity index is 1.73. The standard InChI is InChI=1S/C33H47N5O6/c1-5-6-11-24-16-17-25(35-21-24)22-36-26(20-28(34)39)30(41)37-27-18-19-38(33(27,43)31(42)44-32(2,3)4)29(40)15-10-14-23-12-8-7-9-13-23/h7-9,12-13,16-17,21,26-27,36,43H,5-6,10-11,14-15,18-20,22H2,1-4H3,(H2,34,39)(H,37,41)/t26-,27-,33-/m0/s1. The Labute approximate surface area is 259 Å². The second kappa shape index (κ2) is 15.8. The molecule has 0 unspecified atom stereocenters. The van der Waals surface area contributed by atoms with Crippen LogP contribution in [0.2, 0.25) is 0 Å². The van der Waals surface area contributed by atoms with E-state index >= 15 is 0 Å². The number of nitrogens with two attached hydrogens (primary N) is 1. The fourth-order valence-corrected chi connectivity index (χ4v) is 5.18. The molecule has 1 saturated heterocycles. The maximum atomic E-state index is 13.5. The van der Waals surface area contributed by atoms with Crippen LogP contribution in [0.15, 0.2) is 48.7 Å². The van der Waals surface area contributed by atoms with Crippen molar-refractivity contribution >= 4 is 23.7 Å². The maximum Gasteiger partial charge on any atom is 0.362 e. The summed E-state index contributed by atoms with van der Waals surface area (Å²) >= 11 is 0. The topological polar surface area (TPSA) is 164 Å². The van der Waals surface area contributed by atoms with E-state index < -0.39 is 47.1 Å². The largest absolute Gasteiger partial charge is 0.456 e. The molecule has 2 heterocycles. The number of pyridine rings is 1. The van der Waals surface area contributed by atoms with E-state index in [0.717, 1.165) is 35.3 Å². The van der Waals surface area contributed by atoms with Gasteiger partial charge in [0.25, 0.3) is 5.72 Å². The van der Waals surface area contributed by atoms with Gasteiger partial charge in [0.1, 0.15) is 5.60 Å². The molecule has 5 N–H and O–H groups in total. The number of hydrogen-bond acceptors (Lipinski definition) is 8. The molecule has 44 heavy (non-hydrogen) atoms. The van der Waals surface area contributed by atoms with Crippen molar-refractivity contribution in [3.63, 3.8) is 0 Å². The lowest BCUT2D eigenvalue weighted by atomic mass is 10.0. The predicted molar refractivity (Wildman–Crippen MR) is 166 cm³/mol. The van der Waals surface area contributed by atoms with Crippen molar-refractivity contribution < 1.29 is 29.0 Å². The molecule has 1 aliphatic heterocycles. The van der Waals surface area contributed by atoms with Gasteiger partial charge < -0.3 is 25.8 Å². The molecule has 1 aliphatic rings. The quantitative estimate of drug-likeness (QED) is 0.224. The Morgan fingerprint density at radius 3 is 2.41 bits per heavy atom. The monoisotopic (exact) mass is 609 g/mol. The molecule has 3 amide bonds. The molecule has 0 saturated carbocycles. The first-order chi connectivity index (χ1) is 20.8. The molecule has 0 aliphatic carbocycles. The van der Waals surface area contributed by atoms with E-state index in [-0.39, 0.29) is 32.4 Å². The SMILES string of the molecule is CCCCc1ccc(CN[C@@H](CC(N)=O)C(=O)N[C@H]2CCN(C(=O)CCCc3ccccc3)[C@@]2(O)C(=O)OC(C)(C)C)nc1. The molecule has 1 aromatic heterocycles. The van der Waals surface area contributed by atoms with E-state index in [1.54, 1.807) is 27.0 Å². The first-order valence-electron chi connectivity index (χ1n) is 15.4. The molecule has 3 atom stereocenters. The summed E-state index contributed by atoms with van der Waals surface area (Å²) in [6.45, 7) is 7.30. The van der Waals surface area contributed by atoms with Crippen molar-refractivity contribution in [2.45, 2.75) is 109 Å². The van der Waals surface area contributed by atoms with Gasteiger partial charge in [0.15, 0.2) is 0 Å². The van der Waals surface area contributed by atoms with E-state index in [2.05, 4.69) is 22.5 Å². The highest BCUT2D eigenvalue weighted by Crippen LogP contribution is 2.32. The number of aryl methyl sites for hydroxylation is 2. The van der Waals surface area contributed by atoms with Crippen LogP contribution in [0.25, 0.3) is 0 Å². The fraction of sp³-hybridized carbons (Fsp3) is 0.545. The highest BCUT2D eigenvalue weighted by Gasteiger charge is 2.58. The summed E-state index contributed by atoms with van der Waals surface area (Å²) in [5, 5.41) is 17.6. The Bertz CT molecular complexity index is 1260. The van der Waals surface area contributed by atoms with Crippen LogP contribution in [-0.4, -0.2) is 68.6 Å². The van der Waals surface area contributed by atoms with Crippen LogP contribution in [0.4, 0.5) is 0 Å². The number of esters is 1. The molecule has 0 bridgehead atoms. The summed E-state index contributed by atoms with van der Waals surface area (Å²) in [5.74, 6) is -2.81. The minimum atomic E-state index is -2.43. The number of unbranched alkanes of at least 4 members (excludes halogenated alkanes) is 1. The predicted octanol–water partition coefficient (Wildman–Crippen LogP) is 2.53. The molecular formula is C33H47N5O6. The third kappa shape index (κ3) is 9.85. The molecule has 0 spiro atoms. The van der Waals surface area contributed by atoms with Gasteiger partial charge in [-0.2, -0.15) is 0 Å². The van der Waals surface area contributed by atoms with Crippen molar-refractivity contribution in [1.29, 1.82) is 0 Å². The molecule has 0 radical (unpaired) electrons. The number of rotatable bonds is 15. The van der Waals surface area contributed by atoms with Gasteiger partial charge in [0.2, 0.25) is 17.7 Å². The molecule has 3 rings (SSSR count). The smallest absolute Gasteiger partial charge is 0.362 e. The summed E-state index contributed by atoms with van der Waals surface area (Å²) in [7, 11) is 0. The number of hydrogen-bond donors (Lipinski definition) is 4. The normalized spacial score (nSPS) is 18.9. The third-order valence-electron chi connectivity index (χ3n) is 7.51. The van der Waals surface area contributed by atoms with Gasteiger partial charge in [0, 0.05) is 25.7 Å². The Hall–Kier alpha value is -3.83. The van der Waals surface area contributed by atoms with Crippen molar-refractivity contribution in [3.05, 3.63) is 65.5 Å². The second-order valence-electron chi connectivity index (χ2n) is 12.3. The number of carbonyl (C=O) groups is 4. The molecule has 1 aromatic carbocycles. The number of primary amides is 1. The number of aliphatic hydroxyl groups is 1. The second-order valence-corrected chi connectivity index (χ2v) is 12.3. The van der Waals surface area contributed by atoms with Gasteiger partial charge in [-0.1, -0.05) is 49.7 Å². The van der Waals surface area contributed by atoms with E-state index in [9.17, 15) is 24.3 Å². The molecule has 240 valence electrons. The molecular weight excluding hydrogens is 562 g/mol. The van der Waals surface area contributed by atoms with Gasteiger partial charge in [-0.3, -0.25) is 24.7 Å². The van der Waals surface area contributed by atoms with Crippen LogP contribution in [0.5, 0.6) is 0 Å². The van der Waals surface area contributed by atoms with Gasteiger partial charge >= 0.3 is 5.97 Å². The molecule has 1 fully saturated rings. The van der Waals surface area contributed by atoms with Crippen molar-refractivity contribution in [2.75, 3.05) is 6.54 Å². The minimum Gasteiger partial charge on any atom is -0.456 e. The summed E-state index contributed by atoms with van der Waals surface area (Å²) in [6, 6.07) is 11.3. The Morgan fingerprint density at radius 2 is 1.80 bits per heavy atom. The van der Waals surface area contributed by atoms with Gasteiger partial charge in [0.05, 0.1) is 24.2 Å². The number of aromatic nitrogens is 1. The lowest BCUT2D eigenvalue weighted by molar-refractivity contribution is -0.200. The average molecular weight is 610 g/mol. The molecule has 11 heteroatoms. The first-order valence-corrected chi connectivity index (χ1v) is 15.4. The zero-order valence-electron chi connectivity index (χ0n) is 26.3. The number of ether oxygens (including phenoxy) is 1. The van der Waals surface area contributed by atoms with E-state index in [1.807, 2.05) is 42.5 Å². The summed E-state index contributed by atoms with van der Waals surface area (Å²) < 4.78 is 5.52. The van der Waals surface area contributed by atoms with Crippen LogP contribution >= 0.6 is 0 Å². The van der Waals surface area contributed by atoms with Crippen molar-refractivity contribution in [3.8, 4) is 0 Å². The Kier molecular flexibility index (Phi) is 12.4. The number of nitrogens with zero attached hydrogens (tertiary/aromatic N) is 2. The van der Waals surface area contributed by atoms with E-state index in [1.165, 1.54) is 0 Å². The maximum absolute atomic E-state index is 13.5. The van der Waals surface area contributed by atoms with Gasteiger partial charge in [-0.25, -0.2) is 4.79 Å². The highest BCUT2D eigenvalue weighted by molar-refractivity contribution is 5.91. The van der Waals surface area contributed by atoms with Gasteiger partial charge in [-0.05, 0) is 70.1 Å². The lowest BCUT2D eigenvalue weighted by Crippen LogP contribution is -2.65. The van der Waals surface area contributed by atoms with Crippen LogP contribution in [-0.2, 0) is 43.3 Å². The Morgan fingerprint density at radius 1 is 1.09 bits per heavy atom. The number of nitrogens with one attached hydrogen (secondary N) is 2. The average Bonchev–Trinajstić information content (AvgIpc) is 3.30.